The van der Waals surface area contributed by atoms with Crippen LogP contribution in [0.4, 0.5) is 5.82 Å². The molecule has 6 rings (SSSR count). The van der Waals surface area contributed by atoms with Crippen molar-refractivity contribution >= 4 is 16.7 Å². The molecule has 2 unspecified atom stereocenters. The van der Waals surface area contributed by atoms with Crippen molar-refractivity contribution in [3.05, 3.63) is 42.9 Å². The van der Waals surface area contributed by atoms with Crippen LogP contribution < -0.4 is 10.2 Å². The molecule has 8 nitrogen and oxygen atoms in total. The molecule has 2 aliphatic rings. The van der Waals surface area contributed by atoms with Gasteiger partial charge in [0.2, 0.25) is 0 Å². The molecule has 1 aromatic carbocycles. The summed E-state index contributed by atoms with van der Waals surface area (Å²) in [5.41, 5.74) is 4.34. The van der Waals surface area contributed by atoms with E-state index in [0.29, 0.717) is 23.6 Å². The van der Waals surface area contributed by atoms with E-state index in [1.165, 1.54) is 11.3 Å². The Labute approximate surface area is 184 Å². The van der Waals surface area contributed by atoms with Gasteiger partial charge in [-0.25, -0.2) is 0 Å². The first-order valence-corrected chi connectivity index (χ1v) is 10.8. The van der Waals surface area contributed by atoms with Crippen molar-refractivity contribution in [2.24, 2.45) is 0 Å². The van der Waals surface area contributed by atoms with Gasteiger partial charge in [-0.15, -0.1) is 10.2 Å². The van der Waals surface area contributed by atoms with E-state index in [-0.39, 0.29) is 6.04 Å². The molecule has 5 heterocycles. The number of nitrogens with zero attached hydrogens (tertiary/aromatic N) is 5. The summed E-state index contributed by atoms with van der Waals surface area (Å²) in [7, 11) is 0. The van der Waals surface area contributed by atoms with Crippen molar-refractivity contribution in [2.75, 3.05) is 11.9 Å². The van der Waals surface area contributed by atoms with Gasteiger partial charge in [-0.2, -0.15) is 10.2 Å². The molecule has 158 valence electrons. The Kier molecular flexibility index (Phi) is 3.74. The molecule has 3 N–H and O–H groups in total. The molecule has 4 aromatic rings. The molecule has 2 saturated heterocycles. The second-order valence-corrected chi connectivity index (χ2v) is 8.57. The number of fused-ring (bicyclic) bond motifs is 3. The quantitative estimate of drug-likeness (QED) is 0.470. The zero-order chi connectivity index (χ0) is 23.3. The normalized spacial score (nSPS) is 25.0. The van der Waals surface area contributed by atoms with E-state index in [1.54, 1.807) is 18.5 Å². The monoisotopic (exact) mass is 417 g/mol. The van der Waals surface area contributed by atoms with Crippen LogP contribution in [0.5, 0.6) is 0 Å². The number of anilines is 1. The number of rotatable bonds is 4. The fourth-order valence-corrected chi connectivity index (χ4v) is 5.13. The third-order valence-electron chi connectivity index (χ3n) is 6.65. The van der Waals surface area contributed by atoms with Crippen molar-refractivity contribution in [1.29, 1.82) is 0 Å². The van der Waals surface area contributed by atoms with E-state index >= 15 is 0 Å². The van der Waals surface area contributed by atoms with Gasteiger partial charge in [0.05, 0.1) is 23.6 Å². The summed E-state index contributed by atoms with van der Waals surface area (Å²) in [5, 5.41) is 27.6. The minimum absolute atomic E-state index is 0.0854. The first-order valence-electron chi connectivity index (χ1n) is 12.3. The zero-order valence-electron chi connectivity index (χ0n) is 20.0. The van der Waals surface area contributed by atoms with E-state index < -0.39 is 6.98 Å². The van der Waals surface area contributed by atoms with E-state index in [0.717, 1.165) is 53.3 Å². The highest BCUT2D eigenvalue weighted by atomic mass is 15.3. The number of H-pyrrole nitrogens is 2. The van der Waals surface area contributed by atoms with Gasteiger partial charge in [0, 0.05) is 51.9 Å². The lowest BCUT2D eigenvalue weighted by atomic mass is 9.83. The minimum atomic E-state index is -2.28. The Balaban J connectivity index is 1.33. The van der Waals surface area contributed by atoms with Crippen LogP contribution in [-0.4, -0.2) is 55.7 Å². The molecule has 31 heavy (non-hydrogen) atoms. The lowest BCUT2D eigenvalue weighted by Crippen LogP contribution is -2.54. The zero-order valence-corrected chi connectivity index (χ0v) is 17.0. The first kappa shape index (κ1) is 15.5. The van der Waals surface area contributed by atoms with E-state index in [1.807, 2.05) is 24.4 Å². The maximum atomic E-state index is 8.22. The fourth-order valence-electron chi connectivity index (χ4n) is 5.13. The molecule has 0 amide bonds. The average molecular weight is 418 g/mol. The van der Waals surface area contributed by atoms with Gasteiger partial charge in [0.1, 0.15) is 0 Å². The second kappa shape index (κ2) is 7.46. The van der Waals surface area contributed by atoms with Crippen LogP contribution in [0.1, 0.15) is 36.2 Å². The standard InChI is InChI=1S/C23H26N8/c1-31(17-9-15-3-2-4-16(10-17)27-15)22-8-7-21(28-29-22)19-6-5-18(14-11-24-25-12-14)20-13-26-30-23(19)20/h5-8,11-13,15-17,27H,2-4,9-10H2,1H3,(H,24,25)(H,26,30)/i1D3. The van der Waals surface area contributed by atoms with Gasteiger partial charge in [-0.05, 0) is 49.4 Å². The van der Waals surface area contributed by atoms with Crippen LogP contribution in [0, 0.1) is 0 Å². The first-order chi connectivity index (χ1) is 16.5. The van der Waals surface area contributed by atoms with Gasteiger partial charge in [-0.3, -0.25) is 10.2 Å². The van der Waals surface area contributed by atoms with Crippen LogP contribution in [-0.2, 0) is 0 Å². The summed E-state index contributed by atoms with van der Waals surface area (Å²) in [5.74, 6) is 0.393. The molecule has 0 radical (unpaired) electrons. The molecular weight excluding hydrogens is 388 g/mol. The molecule has 0 saturated carbocycles. The number of nitrogens with one attached hydrogen (secondary N) is 3. The predicted molar refractivity (Wildman–Crippen MR) is 121 cm³/mol. The largest absolute Gasteiger partial charge is 0.355 e. The SMILES string of the molecule is [2H]C([2H])([2H])N(c1ccc(-c2ccc(-c3cn[nH]c3)c3cn[nH]c23)nn1)C1CC2CCCC(C1)N2. The molecule has 2 bridgehead atoms. The number of benzene rings is 1. The number of aromatic nitrogens is 6. The number of hydrogen-bond acceptors (Lipinski definition) is 6. The van der Waals surface area contributed by atoms with Gasteiger partial charge >= 0.3 is 0 Å². The molecule has 3 aromatic heterocycles. The van der Waals surface area contributed by atoms with Gasteiger partial charge in [0.15, 0.2) is 5.82 Å². The molecule has 2 atom stereocenters. The highest BCUT2D eigenvalue weighted by Gasteiger charge is 2.33. The van der Waals surface area contributed by atoms with Crippen molar-refractivity contribution in [3.8, 4) is 22.4 Å². The lowest BCUT2D eigenvalue weighted by Gasteiger charge is -2.43. The lowest BCUT2D eigenvalue weighted by molar-refractivity contribution is 0.219. The third-order valence-corrected chi connectivity index (χ3v) is 6.65. The molecule has 2 fully saturated rings. The molecule has 0 aliphatic carbocycles. The highest BCUT2D eigenvalue weighted by molar-refractivity contribution is 6.01. The fraction of sp³-hybridized carbons (Fsp3) is 0.391. The van der Waals surface area contributed by atoms with Crippen molar-refractivity contribution in [2.45, 2.75) is 50.2 Å². The Morgan fingerprint density at radius 3 is 2.61 bits per heavy atom. The van der Waals surface area contributed by atoms with Crippen LogP contribution in [0.25, 0.3) is 33.3 Å². The second-order valence-electron chi connectivity index (χ2n) is 8.57. The average Bonchev–Trinajstić information content (AvgIpc) is 3.51. The summed E-state index contributed by atoms with van der Waals surface area (Å²) in [6.07, 6.45) is 10.4. The van der Waals surface area contributed by atoms with Gasteiger partial charge < -0.3 is 10.2 Å². The number of hydrogen-bond donors (Lipinski definition) is 3. The summed E-state index contributed by atoms with van der Waals surface area (Å²) in [4.78, 5) is 1.50. The maximum absolute atomic E-state index is 8.22. The van der Waals surface area contributed by atoms with E-state index in [2.05, 4.69) is 35.9 Å². The third kappa shape index (κ3) is 3.27. The highest BCUT2D eigenvalue weighted by Crippen LogP contribution is 2.34. The Morgan fingerprint density at radius 1 is 1.00 bits per heavy atom. The Morgan fingerprint density at radius 2 is 1.87 bits per heavy atom. The number of piperidine rings is 2. The smallest absolute Gasteiger partial charge is 0.151 e. The summed E-state index contributed by atoms with van der Waals surface area (Å²) >= 11 is 0. The summed E-state index contributed by atoms with van der Waals surface area (Å²) in [6.45, 7) is -2.28. The molecule has 8 heteroatoms. The van der Waals surface area contributed by atoms with Crippen LogP contribution in [0.3, 0.4) is 0 Å². The van der Waals surface area contributed by atoms with Crippen LogP contribution >= 0.6 is 0 Å². The maximum Gasteiger partial charge on any atom is 0.151 e. The van der Waals surface area contributed by atoms with Gasteiger partial charge in [0.25, 0.3) is 0 Å². The summed E-state index contributed by atoms with van der Waals surface area (Å²) in [6, 6.07) is 8.26. The topological polar surface area (TPSA) is 98.4 Å². The Hall–Kier alpha value is -3.26. The van der Waals surface area contributed by atoms with Crippen LogP contribution in [0.2, 0.25) is 0 Å². The number of aromatic amines is 2. The molecule has 2 aliphatic heterocycles. The minimum Gasteiger partial charge on any atom is -0.355 e. The van der Waals surface area contributed by atoms with E-state index in [9.17, 15) is 0 Å². The van der Waals surface area contributed by atoms with Crippen molar-refractivity contribution in [1.82, 2.24) is 35.9 Å². The molecule has 0 spiro atoms. The summed E-state index contributed by atoms with van der Waals surface area (Å²) < 4.78 is 24.6. The molecular formula is C23H26N8. The van der Waals surface area contributed by atoms with Gasteiger partial charge in [-0.1, -0.05) is 12.5 Å². The van der Waals surface area contributed by atoms with Crippen molar-refractivity contribution < 1.29 is 4.11 Å². The Bertz CT molecular complexity index is 1270. The predicted octanol–water partition coefficient (Wildman–Crippen LogP) is 3.52. The van der Waals surface area contributed by atoms with Crippen LogP contribution in [0.15, 0.2) is 42.9 Å². The van der Waals surface area contributed by atoms with E-state index in [4.69, 9.17) is 4.11 Å². The van der Waals surface area contributed by atoms with Crippen molar-refractivity contribution in [3.63, 3.8) is 0 Å².